The molecule has 0 spiro atoms. The zero-order chi connectivity index (χ0) is 17.9. The Morgan fingerprint density at radius 2 is 1.88 bits per heavy atom. The predicted molar refractivity (Wildman–Crippen MR) is 105 cm³/mol. The number of nitrogens with one attached hydrogen (secondary N) is 1. The lowest BCUT2D eigenvalue weighted by Crippen LogP contribution is -2.04. The number of pyridine rings is 1. The summed E-state index contributed by atoms with van der Waals surface area (Å²) in [5.41, 5.74) is 2.87. The first-order valence-electron chi connectivity index (χ1n) is 8.38. The van der Waals surface area contributed by atoms with Crippen molar-refractivity contribution in [3.63, 3.8) is 0 Å². The lowest BCUT2D eigenvalue weighted by atomic mass is 9.95. The number of thiophene rings is 1. The van der Waals surface area contributed by atoms with Crippen LogP contribution >= 0.6 is 11.3 Å². The average Bonchev–Trinajstić information content (AvgIpc) is 3.30. The monoisotopic (exact) mass is 358 g/mol. The molecule has 1 aliphatic carbocycles. The summed E-state index contributed by atoms with van der Waals surface area (Å²) in [7, 11) is 0. The number of H-pyrrole nitrogens is 1. The van der Waals surface area contributed by atoms with E-state index >= 15 is 0 Å². The van der Waals surface area contributed by atoms with E-state index in [1.807, 2.05) is 35.7 Å². The summed E-state index contributed by atoms with van der Waals surface area (Å²) in [6.45, 7) is 7.41. The van der Waals surface area contributed by atoms with Gasteiger partial charge in [0, 0.05) is 40.3 Å². The highest BCUT2D eigenvalue weighted by atomic mass is 32.1. The Bertz CT molecular complexity index is 1270. The predicted octanol–water partition coefficient (Wildman–Crippen LogP) is 5.02. The highest BCUT2D eigenvalue weighted by Crippen LogP contribution is 2.50. The van der Waals surface area contributed by atoms with Crippen molar-refractivity contribution in [1.82, 2.24) is 4.98 Å². The minimum Gasteiger partial charge on any atom is -0.507 e. The molecule has 2 aromatic heterocycles. The van der Waals surface area contributed by atoms with Crippen LogP contribution in [-0.2, 0) is 5.54 Å². The maximum Gasteiger partial charge on any atom is 0.266 e. The van der Waals surface area contributed by atoms with E-state index in [0.29, 0.717) is 15.8 Å². The summed E-state index contributed by atoms with van der Waals surface area (Å²) in [6, 6.07) is 13.1. The molecule has 0 bridgehead atoms. The van der Waals surface area contributed by atoms with Crippen molar-refractivity contribution in [3.05, 3.63) is 75.2 Å². The van der Waals surface area contributed by atoms with Crippen molar-refractivity contribution in [3.8, 4) is 16.9 Å². The fourth-order valence-electron chi connectivity index (χ4n) is 3.66. The van der Waals surface area contributed by atoms with Crippen molar-refractivity contribution in [2.75, 3.05) is 0 Å². The second-order valence-corrected chi connectivity index (χ2v) is 7.64. The number of hydrogen-bond donors (Lipinski definition) is 2. The summed E-state index contributed by atoms with van der Waals surface area (Å²) in [5, 5.41) is 14.2. The molecule has 4 nitrogen and oxygen atoms in total. The van der Waals surface area contributed by atoms with E-state index in [9.17, 15) is 9.90 Å². The molecule has 1 fully saturated rings. The third kappa shape index (κ3) is 2.03. The molecule has 0 amide bonds. The molecule has 4 aromatic rings. The van der Waals surface area contributed by atoms with E-state index in [-0.39, 0.29) is 16.8 Å². The molecular formula is C21H14N2O2S. The highest BCUT2D eigenvalue weighted by Gasteiger charge is 2.52. The zero-order valence-corrected chi connectivity index (χ0v) is 14.6. The molecule has 0 saturated heterocycles. The maximum absolute atomic E-state index is 12.2. The van der Waals surface area contributed by atoms with Gasteiger partial charge in [-0.3, -0.25) is 4.79 Å². The van der Waals surface area contributed by atoms with Gasteiger partial charge in [-0.25, -0.2) is 6.57 Å². The first-order chi connectivity index (χ1) is 12.6. The van der Waals surface area contributed by atoms with Crippen LogP contribution in [0.15, 0.2) is 52.6 Å². The van der Waals surface area contributed by atoms with Crippen LogP contribution in [0, 0.1) is 6.57 Å². The summed E-state index contributed by atoms with van der Waals surface area (Å²) in [5.74, 6) is 0.177. The summed E-state index contributed by atoms with van der Waals surface area (Å²) < 4.78 is 0.658. The SMILES string of the molecule is [C-]#[N+]C1(c2ccc(-c3c(O)ccc4[nH]c(=O)c5sccc5c34)cc2)CC1. The number of aromatic nitrogens is 1. The van der Waals surface area contributed by atoms with Gasteiger partial charge in [0.25, 0.3) is 11.1 Å². The summed E-state index contributed by atoms with van der Waals surface area (Å²) in [4.78, 5) is 18.9. The normalized spacial score (nSPS) is 15.2. The summed E-state index contributed by atoms with van der Waals surface area (Å²) in [6.07, 6.45) is 1.82. The van der Waals surface area contributed by atoms with Crippen molar-refractivity contribution in [2.24, 2.45) is 0 Å². The number of rotatable bonds is 2. The van der Waals surface area contributed by atoms with Crippen LogP contribution in [0.25, 0.3) is 37.0 Å². The largest absolute Gasteiger partial charge is 0.507 e. The Hall–Kier alpha value is -3.10. The Labute approximate surface area is 153 Å². The van der Waals surface area contributed by atoms with Crippen LogP contribution in [0.1, 0.15) is 18.4 Å². The number of phenols is 1. The van der Waals surface area contributed by atoms with E-state index in [2.05, 4.69) is 9.83 Å². The zero-order valence-electron chi connectivity index (χ0n) is 13.7. The number of aromatic amines is 1. The van der Waals surface area contributed by atoms with Crippen LogP contribution in [-0.4, -0.2) is 10.1 Å². The van der Waals surface area contributed by atoms with Gasteiger partial charge in [-0.05, 0) is 29.1 Å². The lowest BCUT2D eigenvalue weighted by Gasteiger charge is -2.11. The van der Waals surface area contributed by atoms with E-state index in [4.69, 9.17) is 6.57 Å². The molecular weight excluding hydrogens is 344 g/mol. The molecule has 5 heteroatoms. The van der Waals surface area contributed by atoms with Gasteiger partial charge in [0.1, 0.15) is 10.4 Å². The fraction of sp³-hybridized carbons (Fsp3) is 0.143. The van der Waals surface area contributed by atoms with Crippen LogP contribution < -0.4 is 5.56 Å². The van der Waals surface area contributed by atoms with Crippen molar-refractivity contribution in [1.29, 1.82) is 0 Å². The van der Waals surface area contributed by atoms with Crippen LogP contribution in [0.4, 0.5) is 0 Å². The quantitative estimate of drug-likeness (QED) is 0.494. The molecule has 0 atom stereocenters. The molecule has 0 unspecified atom stereocenters. The minimum absolute atomic E-state index is 0.109. The Balaban J connectivity index is 1.79. The van der Waals surface area contributed by atoms with Gasteiger partial charge < -0.3 is 14.9 Å². The van der Waals surface area contributed by atoms with Gasteiger partial charge in [-0.1, -0.05) is 24.3 Å². The van der Waals surface area contributed by atoms with Gasteiger partial charge in [0.15, 0.2) is 0 Å². The molecule has 0 aliphatic heterocycles. The highest BCUT2D eigenvalue weighted by molar-refractivity contribution is 7.17. The second kappa shape index (κ2) is 5.20. The third-order valence-corrected chi connectivity index (χ3v) is 6.13. The number of nitrogens with zero attached hydrogens (tertiary/aromatic N) is 1. The molecule has 2 N–H and O–H groups in total. The Kier molecular flexibility index (Phi) is 3.03. The van der Waals surface area contributed by atoms with Crippen LogP contribution in [0.3, 0.4) is 0 Å². The Morgan fingerprint density at radius 3 is 2.58 bits per heavy atom. The number of aromatic hydroxyl groups is 1. The van der Waals surface area contributed by atoms with Crippen molar-refractivity contribution < 1.29 is 5.11 Å². The molecule has 1 saturated carbocycles. The lowest BCUT2D eigenvalue weighted by molar-refractivity contribution is 0.478. The number of benzene rings is 2. The molecule has 2 heterocycles. The topological polar surface area (TPSA) is 57.4 Å². The van der Waals surface area contributed by atoms with E-state index < -0.39 is 0 Å². The summed E-state index contributed by atoms with van der Waals surface area (Å²) >= 11 is 1.40. The van der Waals surface area contributed by atoms with Crippen LogP contribution in [0.5, 0.6) is 5.75 Å². The molecule has 5 rings (SSSR count). The molecule has 26 heavy (non-hydrogen) atoms. The van der Waals surface area contributed by atoms with Gasteiger partial charge in [-0.2, -0.15) is 0 Å². The molecule has 2 aromatic carbocycles. The molecule has 0 radical (unpaired) electrons. The van der Waals surface area contributed by atoms with Gasteiger partial charge in [0.05, 0.1) is 0 Å². The first kappa shape index (κ1) is 15.2. The van der Waals surface area contributed by atoms with E-state index in [0.717, 1.165) is 34.7 Å². The van der Waals surface area contributed by atoms with Crippen molar-refractivity contribution >= 4 is 32.3 Å². The minimum atomic E-state index is -0.342. The fourth-order valence-corrected chi connectivity index (χ4v) is 4.45. The molecule has 126 valence electrons. The average molecular weight is 358 g/mol. The van der Waals surface area contributed by atoms with Gasteiger partial charge >= 0.3 is 0 Å². The third-order valence-electron chi connectivity index (χ3n) is 5.22. The Morgan fingerprint density at radius 1 is 1.12 bits per heavy atom. The second-order valence-electron chi connectivity index (χ2n) is 6.72. The molecule has 1 aliphatic rings. The maximum atomic E-state index is 12.2. The standard InChI is InChI=1S/C21H14N2O2S/c1-22-21(9-10-21)13-4-2-12(3-5-13)17-16(24)7-6-15-18(17)14-8-11-26-19(14)20(25)23-15/h2-8,11,24H,9-10H2,(H,23,25). The van der Waals surface area contributed by atoms with E-state index in [1.54, 1.807) is 12.1 Å². The number of phenolic OH excluding ortho intramolecular Hbond substituents is 1. The smallest absolute Gasteiger partial charge is 0.266 e. The first-order valence-corrected chi connectivity index (χ1v) is 9.26. The number of fused-ring (bicyclic) bond motifs is 3. The van der Waals surface area contributed by atoms with Crippen LogP contribution in [0.2, 0.25) is 0 Å². The van der Waals surface area contributed by atoms with Gasteiger partial charge in [0.2, 0.25) is 0 Å². The van der Waals surface area contributed by atoms with Gasteiger partial charge in [-0.15, -0.1) is 11.3 Å². The van der Waals surface area contributed by atoms with Crippen molar-refractivity contribution in [2.45, 2.75) is 18.4 Å². The number of hydrogen-bond acceptors (Lipinski definition) is 3. The van der Waals surface area contributed by atoms with E-state index in [1.165, 1.54) is 11.3 Å².